The third-order valence-electron chi connectivity index (χ3n) is 4.20. The van der Waals surface area contributed by atoms with Crippen molar-refractivity contribution < 1.29 is 44.1 Å². The molecule has 0 saturated heterocycles. The topological polar surface area (TPSA) is 225 Å². The van der Waals surface area contributed by atoms with Crippen molar-refractivity contribution in [2.45, 2.75) is 63.2 Å². The van der Waals surface area contributed by atoms with Gasteiger partial charge in [0.15, 0.2) is 0 Å². The molecule has 0 aliphatic rings. The number of nitrogens with two attached hydrogens (primary N) is 1. The zero-order chi connectivity index (χ0) is 24.8. The molecule has 0 spiro atoms. The summed E-state index contributed by atoms with van der Waals surface area (Å²) in [6.45, 7) is 1.37. The number of rotatable bonds is 16. The van der Waals surface area contributed by atoms with Gasteiger partial charge < -0.3 is 37.0 Å². The zero-order valence-corrected chi connectivity index (χ0v) is 18.6. The molecule has 0 aromatic carbocycles. The molecule has 4 atom stereocenters. The van der Waals surface area contributed by atoms with Gasteiger partial charge in [-0.1, -0.05) is 0 Å². The summed E-state index contributed by atoms with van der Waals surface area (Å²) in [6.07, 6.45) is 0.326. The van der Waals surface area contributed by atoms with Crippen LogP contribution in [0.3, 0.4) is 0 Å². The van der Waals surface area contributed by atoms with E-state index in [1.165, 1.54) is 18.7 Å². The Bertz CT molecular complexity index is 702. The number of nitrogens with one attached hydrogen (secondary N) is 3. The lowest BCUT2D eigenvalue weighted by Gasteiger charge is -2.24. The van der Waals surface area contributed by atoms with Crippen molar-refractivity contribution in [3.05, 3.63) is 0 Å². The highest BCUT2D eigenvalue weighted by Crippen LogP contribution is 2.06. The number of hydrogen-bond donors (Lipinski definition) is 7. The molecule has 0 aromatic heterocycles. The second-order valence-electron chi connectivity index (χ2n) is 6.96. The van der Waals surface area contributed by atoms with E-state index >= 15 is 0 Å². The van der Waals surface area contributed by atoms with E-state index in [1.807, 2.05) is 0 Å². The molecule has 0 fully saturated rings. The molecule has 0 bridgehead atoms. The minimum absolute atomic E-state index is 0.108. The number of amides is 3. The van der Waals surface area contributed by atoms with Crippen molar-refractivity contribution in [2.24, 2.45) is 5.73 Å². The van der Waals surface area contributed by atoms with Gasteiger partial charge in [-0.05, 0) is 38.2 Å². The number of carboxylic acids is 3. The first-order valence-corrected chi connectivity index (χ1v) is 11.1. The first-order chi connectivity index (χ1) is 14.9. The third kappa shape index (κ3) is 12.1. The number of carbonyl (C=O) groups excluding carboxylic acids is 3. The summed E-state index contributed by atoms with van der Waals surface area (Å²) >= 11 is 1.36. The van der Waals surface area contributed by atoms with E-state index in [9.17, 15) is 33.9 Å². The van der Waals surface area contributed by atoms with E-state index < -0.39 is 72.6 Å². The number of carboxylic acid groups (broad SMARTS) is 3. The number of carbonyl (C=O) groups is 6. The van der Waals surface area contributed by atoms with Crippen LogP contribution in [0.1, 0.15) is 39.0 Å². The predicted octanol–water partition coefficient (Wildman–Crippen LogP) is -1.64. The molecule has 32 heavy (non-hydrogen) atoms. The quantitative estimate of drug-likeness (QED) is 0.133. The van der Waals surface area contributed by atoms with Crippen molar-refractivity contribution in [1.29, 1.82) is 0 Å². The summed E-state index contributed by atoms with van der Waals surface area (Å²) < 4.78 is 0. The molecule has 0 rings (SSSR count). The standard InChI is InChI=1S/C18H30N4O9S/c1-9(19)15(27)20-10(3-5-13(23)24)16(28)21-11(7-8-32-2)17(29)22-12(18(30)31)4-6-14(25)26/h9-12H,3-8,19H2,1-2H3,(H,20,27)(H,21,28)(H,22,29)(H,23,24)(H,25,26)(H,30,31). The van der Waals surface area contributed by atoms with Gasteiger partial charge in [0.05, 0.1) is 6.04 Å². The summed E-state index contributed by atoms with van der Waals surface area (Å²) in [7, 11) is 0. The molecular formula is C18H30N4O9S. The van der Waals surface area contributed by atoms with E-state index in [1.54, 1.807) is 6.26 Å². The average Bonchev–Trinajstić information content (AvgIpc) is 2.69. The van der Waals surface area contributed by atoms with E-state index in [0.29, 0.717) is 5.75 Å². The van der Waals surface area contributed by atoms with Gasteiger partial charge >= 0.3 is 17.9 Å². The first kappa shape index (κ1) is 29.1. The smallest absolute Gasteiger partial charge is 0.326 e. The molecule has 0 aromatic rings. The maximum Gasteiger partial charge on any atom is 0.326 e. The lowest BCUT2D eigenvalue weighted by molar-refractivity contribution is -0.143. The van der Waals surface area contributed by atoms with Gasteiger partial charge in [-0.3, -0.25) is 24.0 Å². The number of thioether (sulfide) groups is 1. The molecule has 182 valence electrons. The lowest BCUT2D eigenvalue weighted by atomic mass is 10.1. The van der Waals surface area contributed by atoms with Crippen molar-refractivity contribution in [1.82, 2.24) is 16.0 Å². The third-order valence-corrected chi connectivity index (χ3v) is 4.84. The van der Waals surface area contributed by atoms with Crippen LogP contribution in [0.25, 0.3) is 0 Å². The highest BCUT2D eigenvalue weighted by atomic mass is 32.2. The van der Waals surface area contributed by atoms with Crippen LogP contribution in [0.2, 0.25) is 0 Å². The molecule has 0 radical (unpaired) electrons. The normalized spacial score (nSPS) is 14.3. The van der Waals surface area contributed by atoms with Crippen LogP contribution in [-0.2, 0) is 28.8 Å². The van der Waals surface area contributed by atoms with Crippen molar-refractivity contribution in [2.75, 3.05) is 12.0 Å². The monoisotopic (exact) mass is 478 g/mol. The molecule has 3 amide bonds. The molecule has 8 N–H and O–H groups in total. The van der Waals surface area contributed by atoms with Crippen LogP contribution in [0, 0.1) is 0 Å². The highest BCUT2D eigenvalue weighted by molar-refractivity contribution is 7.98. The lowest BCUT2D eigenvalue weighted by Crippen LogP contribution is -2.57. The fourth-order valence-corrected chi connectivity index (χ4v) is 2.89. The Morgan fingerprint density at radius 3 is 1.56 bits per heavy atom. The molecule has 0 aliphatic carbocycles. The maximum atomic E-state index is 12.7. The van der Waals surface area contributed by atoms with Crippen molar-refractivity contribution >= 4 is 47.4 Å². The maximum absolute atomic E-state index is 12.7. The number of hydrogen-bond acceptors (Lipinski definition) is 8. The van der Waals surface area contributed by atoms with Gasteiger partial charge in [0.2, 0.25) is 17.7 Å². The largest absolute Gasteiger partial charge is 0.481 e. The second-order valence-corrected chi connectivity index (χ2v) is 7.94. The molecule has 0 saturated carbocycles. The summed E-state index contributed by atoms with van der Waals surface area (Å²) in [5.74, 6) is -5.82. The van der Waals surface area contributed by atoms with Gasteiger partial charge in [0.25, 0.3) is 0 Å². The Morgan fingerprint density at radius 2 is 1.16 bits per heavy atom. The van der Waals surface area contributed by atoms with E-state index in [0.717, 1.165) is 0 Å². The van der Waals surface area contributed by atoms with E-state index in [-0.39, 0.29) is 19.3 Å². The Hall–Kier alpha value is -2.87. The Balaban J connectivity index is 5.42. The fraction of sp³-hybridized carbons (Fsp3) is 0.667. The molecule has 0 heterocycles. The Kier molecular flexibility index (Phi) is 13.7. The van der Waals surface area contributed by atoms with Crippen molar-refractivity contribution in [3.63, 3.8) is 0 Å². The van der Waals surface area contributed by atoms with E-state index in [4.69, 9.17) is 15.9 Å². The van der Waals surface area contributed by atoms with E-state index in [2.05, 4.69) is 16.0 Å². The SMILES string of the molecule is CSCCC(NC(=O)C(CCC(=O)O)NC(=O)C(C)N)C(=O)NC(CCC(=O)O)C(=O)O. The molecule has 4 unspecified atom stereocenters. The van der Waals surface area contributed by atoms with Gasteiger partial charge in [0.1, 0.15) is 18.1 Å². The minimum atomic E-state index is -1.48. The number of aliphatic carboxylic acids is 3. The summed E-state index contributed by atoms with van der Waals surface area (Å²) in [4.78, 5) is 70.1. The minimum Gasteiger partial charge on any atom is -0.481 e. The van der Waals surface area contributed by atoms with Crippen LogP contribution in [-0.4, -0.2) is 87.1 Å². The van der Waals surface area contributed by atoms with Crippen LogP contribution in [0.5, 0.6) is 0 Å². The molecule has 13 nitrogen and oxygen atoms in total. The molecular weight excluding hydrogens is 448 g/mol. The Morgan fingerprint density at radius 1 is 0.750 bits per heavy atom. The summed E-state index contributed by atoms with van der Waals surface area (Å²) in [5.41, 5.74) is 5.46. The molecule has 0 aliphatic heterocycles. The highest BCUT2D eigenvalue weighted by Gasteiger charge is 2.30. The van der Waals surface area contributed by atoms with Crippen LogP contribution < -0.4 is 21.7 Å². The summed E-state index contributed by atoms with van der Waals surface area (Å²) in [6, 6.07) is -4.92. The predicted molar refractivity (Wildman–Crippen MR) is 114 cm³/mol. The second kappa shape index (κ2) is 15.0. The van der Waals surface area contributed by atoms with Crippen LogP contribution >= 0.6 is 11.8 Å². The first-order valence-electron chi connectivity index (χ1n) is 9.71. The molecule has 14 heteroatoms. The van der Waals surface area contributed by atoms with Crippen LogP contribution in [0.15, 0.2) is 0 Å². The zero-order valence-electron chi connectivity index (χ0n) is 17.8. The fourth-order valence-electron chi connectivity index (χ4n) is 2.41. The van der Waals surface area contributed by atoms with Gasteiger partial charge in [-0.15, -0.1) is 0 Å². The Labute approximate surface area is 188 Å². The van der Waals surface area contributed by atoms with Crippen LogP contribution in [0.4, 0.5) is 0 Å². The van der Waals surface area contributed by atoms with Gasteiger partial charge in [-0.2, -0.15) is 11.8 Å². The average molecular weight is 479 g/mol. The van der Waals surface area contributed by atoms with Crippen molar-refractivity contribution in [3.8, 4) is 0 Å². The van der Waals surface area contributed by atoms with Gasteiger partial charge in [0, 0.05) is 12.8 Å². The van der Waals surface area contributed by atoms with Gasteiger partial charge in [-0.25, -0.2) is 4.79 Å². The summed E-state index contributed by atoms with van der Waals surface area (Å²) in [5, 5.41) is 33.8.